The first-order valence-electron chi connectivity index (χ1n) is 7.49. The van der Waals surface area contributed by atoms with E-state index in [9.17, 15) is 9.59 Å². The fourth-order valence-corrected chi connectivity index (χ4v) is 2.47. The van der Waals surface area contributed by atoms with Crippen LogP contribution in [0.2, 0.25) is 0 Å². The van der Waals surface area contributed by atoms with E-state index in [0.29, 0.717) is 19.0 Å². The van der Waals surface area contributed by atoms with Gasteiger partial charge in [0, 0.05) is 26.3 Å². The zero-order valence-electron chi connectivity index (χ0n) is 13.2. The van der Waals surface area contributed by atoms with E-state index < -0.39 is 11.8 Å². The van der Waals surface area contributed by atoms with E-state index in [1.807, 2.05) is 6.07 Å². The molecule has 9 nitrogen and oxygen atoms in total. The highest BCUT2D eigenvalue weighted by atomic mass is 16.5. The van der Waals surface area contributed by atoms with Crippen molar-refractivity contribution in [3.8, 4) is 0 Å². The van der Waals surface area contributed by atoms with Crippen molar-refractivity contribution in [2.75, 3.05) is 36.5 Å². The number of aromatic nitrogens is 3. The molecule has 1 saturated heterocycles. The maximum Gasteiger partial charge on any atom is 0.274 e. The third kappa shape index (κ3) is 3.35. The summed E-state index contributed by atoms with van der Waals surface area (Å²) in [6.07, 6.45) is 1.52. The van der Waals surface area contributed by atoms with Gasteiger partial charge in [0.2, 0.25) is 0 Å². The molecule has 0 saturated carbocycles. The Labute approximate surface area is 138 Å². The van der Waals surface area contributed by atoms with Crippen molar-refractivity contribution in [1.82, 2.24) is 14.8 Å². The second-order valence-corrected chi connectivity index (χ2v) is 5.36. The highest BCUT2D eigenvalue weighted by Gasteiger charge is 2.18. The Morgan fingerprint density at radius 1 is 1.29 bits per heavy atom. The van der Waals surface area contributed by atoms with Crippen LogP contribution in [0.4, 0.5) is 11.5 Å². The standard InChI is InChI=1S/C15H18N6O3/c1-20-9-11(13(19-20)14(16)22)18-15(23)10-3-2-4-12(17-10)21-5-7-24-8-6-21/h2-4,9H,5-8H2,1H3,(H2,16,22)(H,18,23). The summed E-state index contributed by atoms with van der Waals surface area (Å²) in [5, 5.41) is 6.56. The first-order valence-corrected chi connectivity index (χ1v) is 7.49. The van der Waals surface area contributed by atoms with E-state index in [1.54, 1.807) is 19.2 Å². The molecule has 0 aliphatic carbocycles. The SMILES string of the molecule is Cn1cc(NC(=O)c2cccc(N3CCOCC3)n2)c(C(N)=O)n1. The van der Waals surface area contributed by atoms with Gasteiger partial charge in [0.05, 0.1) is 18.9 Å². The highest BCUT2D eigenvalue weighted by molar-refractivity contribution is 6.07. The van der Waals surface area contributed by atoms with Gasteiger partial charge in [-0.1, -0.05) is 6.07 Å². The molecule has 0 unspecified atom stereocenters. The van der Waals surface area contributed by atoms with Crippen molar-refractivity contribution in [2.24, 2.45) is 12.8 Å². The van der Waals surface area contributed by atoms with Gasteiger partial charge < -0.3 is 20.7 Å². The number of hydrogen-bond acceptors (Lipinski definition) is 6. The van der Waals surface area contributed by atoms with Crippen molar-refractivity contribution in [3.05, 3.63) is 35.8 Å². The molecular formula is C15H18N6O3. The summed E-state index contributed by atoms with van der Waals surface area (Å²) in [6, 6.07) is 5.23. The molecule has 1 aliphatic rings. The Morgan fingerprint density at radius 3 is 2.75 bits per heavy atom. The van der Waals surface area contributed by atoms with Gasteiger partial charge in [0.1, 0.15) is 11.5 Å². The average molecular weight is 330 g/mol. The van der Waals surface area contributed by atoms with Gasteiger partial charge in [0.25, 0.3) is 11.8 Å². The van der Waals surface area contributed by atoms with Gasteiger partial charge in [-0.2, -0.15) is 5.10 Å². The summed E-state index contributed by atoms with van der Waals surface area (Å²) >= 11 is 0. The summed E-state index contributed by atoms with van der Waals surface area (Å²) in [6.45, 7) is 2.73. The second-order valence-electron chi connectivity index (χ2n) is 5.36. The zero-order valence-corrected chi connectivity index (χ0v) is 13.2. The lowest BCUT2D eigenvalue weighted by Gasteiger charge is -2.27. The van der Waals surface area contributed by atoms with Crippen LogP contribution >= 0.6 is 0 Å². The summed E-state index contributed by atoms with van der Waals surface area (Å²) < 4.78 is 6.72. The van der Waals surface area contributed by atoms with Crippen LogP contribution in [0.3, 0.4) is 0 Å². The molecule has 1 fully saturated rings. The van der Waals surface area contributed by atoms with Crippen LogP contribution in [0, 0.1) is 0 Å². The fourth-order valence-electron chi connectivity index (χ4n) is 2.47. The van der Waals surface area contributed by atoms with Crippen LogP contribution in [0.5, 0.6) is 0 Å². The number of nitrogens with zero attached hydrogens (tertiary/aromatic N) is 4. The van der Waals surface area contributed by atoms with E-state index >= 15 is 0 Å². The summed E-state index contributed by atoms with van der Waals surface area (Å²) in [7, 11) is 1.64. The molecule has 3 rings (SSSR count). The van der Waals surface area contributed by atoms with Gasteiger partial charge in [-0.3, -0.25) is 14.3 Å². The van der Waals surface area contributed by atoms with E-state index in [2.05, 4.69) is 20.3 Å². The second kappa shape index (κ2) is 6.67. The van der Waals surface area contributed by atoms with Gasteiger partial charge in [0.15, 0.2) is 5.69 Å². The van der Waals surface area contributed by atoms with E-state index in [0.717, 1.165) is 13.1 Å². The first kappa shape index (κ1) is 15.9. The van der Waals surface area contributed by atoms with Crippen molar-refractivity contribution in [1.29, 1.82) is 0 Å². The maximum atomic E-state index is 12.4. The number of nitrogens with two attached hydrogens (primary N) is 1. The molecule has 0 bridgehead atoms. The number of primary amides is 1. The zero-order chi connectivity index (χ0) is 17.1. The molecule has 24 heavy (non-hydrogen) atoms. The smallest absolute Gasteiger partial charge is 0.274 e. The predicted molar refractivity (Wildman–Crippen MR) is 86.9 cm³/mol. The average Bonchev–Trinajstić information content (AvgIpc) is 2.96. The van der Waals surface area contributed by atoms with Crippen molar-refractivity contribution in [3.63, 3.8) is 0 Å². The molecule has 2 aromatic heterocycles. The first-order chi connectivity index (χ1) is 11.5. The Morgan fingerprint density at radius 2 is 2.04 bits per heavy atom. The van der Waals surface area contributed by atoms with Crippen LogP contribution in [-0.4, -0.2) is 52.9 Å². The third-order valence-electron chi connectivity index (χ3n) is 3.61. The number of anilines is 2. The molecule has 2 aromatic rings. The molecule has 9 heteroatoms. The number of morpholine rings is 1. The molecule has 0 aromatic carbocycles. The lowest BCUT2D eigenvalue weighted by molar-refractivity contribution is 0.0995. The summed E-state index contributed by atoms with van der Waals surface area (Å²) in [4.78, 5) is 30.2. The fraction of sp³-hybridized carbons (Fsp3) is 0.333. The van der Waals surface area contributed by atoms with E-state index in [1.165, 1.54) is 10.9 Å². The monoisotopic (exact) mass is 330 g/mol. The molecular weight excluding hydrogens is 312 g/mol. The lowest BCUT2D eigenvalue weighted by atomic mass is 10.3. The molecule has 3 heterocycles. The molecule has 0 radical (unpaired) electrons. The van der Waals surface area contributed by atoms with E-state index in [-0.39, 0.29) is 17.1 Å². The number of carbonyl (C=O) groups is 2. The summed E-state index contributed by atoms with van der Waals surface area (Å²) in [5.41, 5.74) is 5.78. The number of carbonyl (C=O) groups excluding carboxylic acids is 2. The number of aryl methyl sites for hydroxylation is 1. The minimum absolute atomic E-state index is 0.00943. The molecule has 126 valence electrons. The van der Waals surface area contributed by atoms with Crippen LogP contribution < -0.4 is 16.0 Å². The number of ether oxygens (including phenoxy) is 1. The number of rotatable bonds is 4. The minimum Gasteiger partial charge on any atom is -0.378 e. The van der Waals surface area contributed by atoms with Gasteiger partial charge in [-0.05, 0) is 12.1 Å². The number of pyridine rings is 1. The Balaban J connectivity index is 1.79. The minimum atomic E-state index is -0.707. The van der Waals surface area contributed by atoms with Gasteiger partial charge in [-0.15, -0.1) is 0 Å². The largest absolute Gasteiger partial charge is 0.378 e. The van der Waals surface area contributed by atoms with Gasteiger partial charge >= 0.3 is 0 Å². The number of amides is 2. The maximum absolute atomic E-state index is 12.4. The number of hydrogen-bond donors (Lipinski definition) is 2. The predicted octanol–water partition coefficient (Wildman–Crippen LogP) is 0.00290. The third-order valence-corrected chi connectivity index (χ3v) is 3.61. The van der Waals surface area contributed by atoms with Crippen LogP contribution in [0.15, 0.2) is 24.4 Å². The van der Waals surface area contributed by atoms with Crippen LogP contribution in [-0.2, 0) is 11.8 Å². The Bertz CT molecular complexity index is 766. The molecule has 3 N–H and O–H groups in total. The Hall–Kier alpha value is -2.94. The highest BCUT2D eigenvalue weighted by Crippen LogP contribution is 2.16. The van der Waals surface area contributed by atoms with Crippen molar-refractivity contribution < 1.29 is 14.3 Å². The van der Waals surface area contributed by atoms with Gasteiger partial charge in [-0.25, -0.2) is 4.98 Å². The van der Waals surface area contributed by atoms with Crippen LogP contribution in [0.1, 0.15) is 21.0 Å². The lowest BCUT2D eigenvalue weighted by Crippen LogP contribution is -2.37. The van der Waals surface area contributed by atoms with E-state index in [4.69, 9.17) is 10.5 Å². The Kier molecular flexibility index (Phi) is 4.43. The molecule has 1 aliphatic heterocycles. The normalized spacial score (nSPS) is 14.5. The molecule has 0 spiro atoms. The molecule has 2 amide bonds. The summed E-state index contributed by atoms with van der Waals surface area (Å²) in [5.74, 6) is -0.422. The topological polar surface area (TPSA) is 115 Å². The molecule has 0 atom stereocenters. The van der Waals surface area contributed by atoms with Crippen molar-refractivity contribution in [2.45, 2.75) is 0 Å². The van der Waals surface area contributed by atoms with Crippen LogP contribution in [0.25, 0.3) is 0 Å². The quantitative estimate of drug-likeness (QED) is 0.815. The van der Waals surface area contributed by atoms with Crippen molar-refractivity contribution >= 4 is 23.3 Å². The number of nitrogens with one attached hydrogen (secondary N) is 1.